The summed E-state index contributed by atoms with van der Waals surface area (Å²) in [5, 5.41) is 26.5. The molecule has 14 heteroatoms. The molecule has 0 spiro atoms. The average molecular weight is 551 g/mol. The molecule has 0 aliphatic rings. The van der Waals surface area contributed by atoms with E-state index in [9.17, 15) is 34.2 Å². The number of thiol groups is 1. The maximum absolute atomic E-state index is 13.1. The zero-order valence-corrected chi connectivity index (χ0v) is 21.6. The van der Waals surface area contributed by atoms with Crippen molar-refractivity contribution in [3.8, 4) is 0 Å². The Morgan fingerprint density at radius 3 is 2.18 bits per heavy atom. The molecule has 0 saturated heterocycles. The maximum Gasteiger partial charge on any atom is 0.327 e. The van der Waals surface area contributed by atoms with Crippen molar-refractivity contribution >= 4 is 53.2 Å². The van der Waals surface area contributed by atoms with E-state index in [1.165, 1.54) is 0 Å². The second-order valence-corrected chi connectivity index (χ2v) is 9.12. The highest BCUT2D eigenvalue weighted by Gasteiger charge is 2.31. The number of hydrogen-bond acceptors (Lipinski definition) is 8. The number of carbonyl (C=O) groups excluding carboxylic acids is 3. The molecule has 0 aliphatic heterocycles. The first-order chi connectivity index (χ1) is 18.1. The third-order valence-electron chi connectivity index (χ3n) is 5.85. The number of benzene rings is 1. The number of amides is 3. The lowest BCUT2D eigenvalue weighted by Crippen LogP contribution is -2.58. The predicted molar refractivity (Wildman–Crippen MR) is 142 cm³/mol. The molecule has 0 radical (unpaired) electrons. The van der Waals surface area contributed by atoms with Gasteiger partial charge >= 0.3 is 11.9 Å². The van der Waals surface area contributed by atoms with Gasteiger partial charge in [-0.2, -0.15) is 12.6 Å². The molecule has 0 bridgehead atoms. The zero-order chi connectivity index (χ0) is 28.2. The highest BCUT2D eigenvalue weighted by Crippen LogP contribution is 2.19. The van der Waals surface area contributed by atoms with Gasteiger partial charge in [0.25, 0.3) is 0 Å². The first-order valence-electron chi connectivity index (χ1n) is 12.0. The van der Waals surface area contributed by atoms with Crippen molar-refractivity contribution in [1.29, 1.82) is 0 Å². The van der Waals surface area contributed by atoms with Crippen molar-refractivity contribution in [2.75, 3.05) is 12.3 Å². The Morgan fingerprint density at radius 1 is 0.921 bits per heavy atom. The number of carboxylic acid groups (broad SMARTS) is 2. The summed E-state index contributed by atoms with van der Waals surface area (Å²) in [5.74, 6) is -5.35. The zero-order valence-electron chi connectivity index (χ0n) is 20.7. The fourth-order valence-electron chi connectivity index (χ4n) is 3.76. The lowest BCUT2D eigenvalue weighted by molar-refractivity contribution is -0.142. The number of carboxylic acids is 2. The Hall–Kier alpha value is -3.62. The molecule has 0 saturated carbocycles. The average Bonchev–Trinajstić information content (AvgIpc) is 3.28. The fourth-order valence-corrected chi connectivity index (χ4v) is 4.01. The third kappa shape index (κ3) is 9.04. The van der Waals surface area contributed by atoms with Crippen LogP contribution < -0.4 is 27.4 Å². The maximum atomic E-state index is 13.1. The molecular formula is C24H34N6O7S. The number of para-hydroxylation sites is 1. The van der Waals surface area contributed by atoms with Crippen molar-refractivity contribution in [2.24, 2.45) is 11.5 Å². The summed E-state index contributed by atoms with van der Waals surface area (Å²) in [5.41, 5.74) is 12.7. The molecular weight excluding hydrogens is 516 g/mol. The molecule has 2 rings (SSSR count). The van der Waals surface area contributed by atoms with E-state index in [2.05, 4.69) is 33.6 Å². The number of nitrogens with two attached hydrogens (primary N) is 2. The predicted octanol–water partition coefficient (Wildman–Crippen LogP) is -0.890. The molecule has 13 nitrogen and oxygen atoms in total. The molecule has 0 fully saturated rings. The van der Waals surface area contributed by atoms with Crippen LogP contribution in [0, 0.1) is 0 Å². The van der Waals surface area contributed by atoms with Crippen LogP contribution in [0.5, 0.6) is 0 Å². The Kier molecular flexibility index (Phi) is 12.0. The van der Waals surface area contributed by atoms with Gasteiger partial charge < -0.3 is 42.6 Å². The first kappa shape index (κ1) is 30.6. The summed E-state index contributed by atoms with van der Waals surface area (Å²) >= 11 is 3.94. The molecule has 38 heavy (non-hydrogen) atoms. The summed E-state index contributed by atoms with van der Waals surface area (Å²) in [6.07, 6.45) is 2.35. The van der Waals surface area contributed by atoms with Crippen molar-refractivity contribution in [2.45, 2.75) is 56.3 Å². The fraction of sp³-hybridized carbons (Fsp3) is 0.458. The number of nitrogens with one attached hydrogen (secondary N) is 4. The summed E-state index contributed by atoms with van der Waals surface area (Å²) in [4.78, 5) is 64.6. The van der Waals surface area contributed by atoms with Crippen LogP contribution in [0.4, 0.5) is 0 Å². The summed E-state index contributed by atoms with van der Waals surface area (Å²) < 4.78 is 0. The highest BCUT2D eigenvalue weighted by molar-refractivity contribution is 7.80. The third-order valence-corrected chi connectivity index (χ3v) is 6.21. The van der Waals surface area contributed by atoms with E-state index in [-0.39, 0.29) is 18.6 Å². The van der Waals surface area contributed by atoms with Gasteiger partial charge in [-0.1, -0.05) is 24.6 Å². The Morgan fingerprint density at radius 2 is 1.55 bits per heavy atom. The van der Waals surface area contributed by atoms with Gasteiger partial charge in [0.2, 0.25) is 17.7 Å². The number of carbonyl (C=O) groups is 5. The van der Waals surface area contributed by atoms with Crippen molar-refractivity contribution in [3.05, 3.63) is 36.0 Å². The summed E-state index contributed by atoms with van der Waals surface area (Å²) in [6, 6.07) is 2.11. The van der Waals surface area contributed by atoms with Crippen LogP contribution in [-0.2, 0) is 30.4 Å². The van der Waals surface area contributed by atoms with Crippen LogP contribution in [0.15, 0.2) is 30.5 Å². The van der Waals surface area contributed by atoms with Crippen molar-refractivity contribution in [3.63, 3.8) is 0 Å². The molecule has 10 N–H and O–H groups in total. The Balaban J connectivity index is 2.26. The van der Waals surface area contributed by atoms with E-state index in [4.69, 9.17) is 11.5 Å². The normalized spacial score (nSPS) is 14.2. The second kappa shape index (κ2) is 15.0. The summed E-state index contributed by atoms with van der Waals surface area (Å²) in [6.45, 7) is 0.425. The van der Waals surface area contributed by atoms with Crippen LogP contribution in [0.3, 0.4) is 0 Å². The number of aromatic nitrogens is 1. The van der Waals surface area contributed by atoms with E-state index >= 15 is 0 Å². The molecule has 3 amide bonds. The highest BCUT2D eigenvalue weighted by atomic mass is 32.1. The lowest BCUT2D eigenvalue weighted by atomic mass is 10.0. The van der Waals surface area contributed by atoms with Gasteiger partial charge in [-0.25, -0.2) is 4.79 Å². The molecule has 1 heterocycles. The van der Waals surface area contributed by atoms with Crippen LogP contribution in [0.25, 0.3) is 10.9 Å². The van der Waals surface area contributed by atoms with Gasteiger partial charge in [-0.05, 0) is 31.0 Å². The minimum Gasteiger partial charge on any atom is -0.481 e. The second-order valence-electron chi connectivity index (χ2n) is 8.76. The van der Waals surface area contributed by atoms with Crippen molar-refractivity contribution in [1.82, 2.24) is 20.9 Å². The van der Waals surface area contributed by atoms with Crippen LogP contribution in [-0.4, -0.2) is 81.3 Å². The molecule has 1 aromatic heterocycles. The smallest absolute Gasteiger partial charge is 0.327 e. The van der Waals surface area contributed by atoms with Gasteiger partial charge in [0, 0.05) is 29.3 Å². The molecule has 4 atom stereocenters. The van der Waals surface area contributed by atoms with E-state index in [1.54, 1.807) is 12.3 Å². The molecule has 1 aromatic carbocycles. The minimum atomic E-state index is -1.53. The topological polar surface area (TPSA) is 230 Å². The van der Waals surface area contributed by atoms with Crippen molar-refractivity contribution < 1.29 is 34.2 Å². The van der Waals surface area contributed by atoms with Gasteiger partial charge in [0.05, 0.1) is 12.5 Å². The SMILES string of the molecule is NCCCCC(N)C(=O)NC(CC(=O)O)C(=O)NC(Cc1c[nH]c2ccccc12)C(=O)NC(CS)C(=O)O. The Labute approximate surface area is 224 Å². The lowest BCUT2D eigenvalue weighted by Gasteiger charge is -2.24. The monoisotopic (exact) mass is 550 g/mol. The molecule has 4 unspecified atom stereocenters. The van der Waals surface area contributed by atoms with Gasteiger partial charge in [-0.15, -0.1) is 0 Å². The van der Waals surface area contributed by atoms with E-state index < -0.39 is 60.2 Å². The van der Waals surface area contributed by atoms with E-state index in [0.29, 0.717) is 24.9 Å². The standard InChI is InChI=1S/C24H34N6O7S/c25-8-4-3-6-15(26)21(33)28-18(10-20(31)32)23(35)29-17(22(34)30-19(12-38)24(36)37)9-13-11-27-16-7-2-1-5-14(13)16/h1-2,5,7,11,15,17-19,27,38H,3-4,6,8-10,12,25-26H2,(H,28,33)(H,29,35)(H,30,34)(H,31,32)(H,36,37). The van der Waals surface area contributed by atoms with Crippen LogP contribution >= 0.6 is 12.6 Å². The number of hydrogen-bond donors (Lipinski definition) is 9. The number of fused-ring (bicyclic) bond motifs is 1. The van der Waals surface area contributed by atoms with E-state index in [0.717, 1.165) is 10.9 Å². The number of rotatable bonds is 16. The molecule has 208 valence electrons. The molecule has 2 aromatic rings. The van der Waals surface area contributed by atoms with Gasteiger partial charge in [0.1, 0.15) is 18.1 Å². The number of aromatic amines is 1. The minimum absolute atomic E-state index is 0.0488. The number of unbranched alkanes of at least 4 members (excludes halogenated alkanes) is 1. The molecule has 0 aliphatic carbocycles. The largest absolute Gasteiger partial charge is 0.481 e. The Bertz CT molecular complexity index is 1140. The van der Waals surface area contributed by atoms with Crippen LogP contribution in [0.2, 0.25) is 0 Å². The first-order valence-corrected chi connectivity index (χ1v) is 12.7. The number of H-pyrrole nitrogens is 1. The summed E-state index contributed by atoms with van der Waals surface area (Å²) in [7, 11) is 0. The van der Waals surface area contributed by atoms with Crippen LogP contribution in [0.1, 0.15) is 31.2 Å². The quantitative estimate of drug-likeness (QED) is 0.0931. The van der Waals surface area contributed by atoms with Gasteiger partial charge in [0.15, 0.2) is 0 Å². The van der Waals surface area contributed by atoms with E-state index in [1.807, 2.05) is 18.2 Å². The van der Waals surface area contributed by atoms with Gasteiger partial charge in [-0.3, -0.25) is 19.2 Å². The number of aliphatic carboxylic acids is 2.